The molecule has 1 aromatic heterocycles. The van der Waals surface area contributed by atoms with Gasteiger partial charge >= 0.3 is 0 Å². The van der Waals surface area contributed by atoms with Crippen LogP contribution in [0.25, 0.3) is 0 Å². The highest BCUT2D eigenvalue weighted by Crippen LogP contribution is 2.22. The van der Waals surface area contributed by atoms with Crippen molar-refractivity contribution in [1.82, 2.24) is 10.2 Å². The van der Waals surface area contributed by atoms with Gasteiger partial charge in [-0.1, -0.05) is 47.2 Å². The van der Waals surface area contributed by atoms with Gasteiger partial charge in [0.1, 0.15) is 10.8 Å². The van der Waals surface area contributed by atoms with E-state index in [0.29, 0.717) is 10.6 Å². The maximum atomic E-state index is 12.3. The Balaban J connectivity index is 1.72. The second-order valence-corrected chi connectivity index (χ2v) is 8.45. The first-order chi connectivity index (χ1) is 11.9. The summed E-state index contributed by atoms with van der Waals surface area (Å²) in [4.78, 5) is 12.4. The zero-order valence-corrected chi connectivity index (χ0v) is 15.0. The average Bonchev–Trinajstić information content (AvgIpc) is 3.02. The standard InChI is InChI=1S/C17H15N3O3S2/c1-12-6-5-7-13(10-12)16(21)18-17-20-19-15(24-17)11-25(22,23)14-8-3-2-4-9-14/h2-10H,11H2,1H3,(H,18,20,21). The third-order valence-electron chi connectivity index (χ3n) is 3.38. The number of nitrogens with one attached hydrogen (secondary N) is 1. The molecule has 0 spiro atoms. The minimum atomic E-state index is -3.49. The lowest BCUT2D eigenvalue weighted by molar-refractivity contribution is 0.102. The molecule has 1 heterocycles. The molecular formula is C17H15N3O3S2. The van der Waals surface area contributed by atoms with E-state index < -0.39 is 9.84 Å². The van der Waals surface area contributed by atoms with Gasteiger partial charge in [0.2, 0.25) is 5.13 Å². The molecule has 0 atom stereocenters. The Morgan fingerprint density at radius 2 is 1.84 bits per heavy atom. The molecule has 0 saturated carbocycles. The van der Waals surface area contributed by atoms with Gasteiger partial charge in [0.25, 0.3) is 5.91 Å². The molecule has 1 amide bonds. The van der Waals surface area contributed by atoms with Crippen molar-refractivity contribution in [1.29, 1.82) is 0 Å². The van der Waals surface area contributed by atoms with Gasteiger partial charge in [-0.05, 0) is 31.2 Å². The van der Waals surface area contributed by atoms with Crippen LogP contribution in [0.5, 0.6) is 0 Å². The summed E-state index contributed by atoms with van der Waals surface area (Å²) in [5.41, 5.74) is 1.48. The zero-order valence-electron chi connectivity index (χ0n) is 13.3. The summed E-state index contributed by atoms with van der Waals surface area (Å²) >= 11 is 1.05. The molecule has 0 bridgehead atoms. The first-order valence-electron chi connectivity index (χ1n) is 7.42. The number of carbonyl (C=O) groups excluding carboxylic acids is 1. The lowest BCUT2D eigenvalue weighted by Gasteiger charge is -2.02. The molecular weight excluding hydrogens is 358 g/mol. The first kappa shape index (κ1) is 17.2. The predicted octanol–water partition coefficient (Wildman–Crippen LogP) is 3.07. The number of hydrogen-bond acceptors (Lipinski definition) is 6. The molecule has 6 nitrogen and oxygen atoms in total. The summed E-state index contributed by atoms with van der Waals surface area (Å²) < 4.78 is 24.7. The molecule has 0 aliphatic rings. The Morgan fingerprint density at radius 3 is 2.56 bits per heavy atom. The molecule has 3 rings (SSSR count). The lowest BCUT2D eigenvalue weighted by atomic mass is 10.1. The molecule has 0 aliphatic carbocycles. The van der Waals surface area contributed by atoms with Crippen molar-refractivity contribution in [2.45, 2.75) is 17.6 Å². The quantitative estimate of drug-likeness (QED) is 0.742. The molecule has 1 N–H and O–H groups in total. The fourth-order valence-corrected chi connectivity index (χ4v) is 4.54. The molecule has 8 heteroatoms. The largest absolute Gasteiger partial charge is 0.296 e. The van der Waals surface area contributed by atoms with Crippen molar-refractivity contribution in [2.24, 2.45) is 0 Å². The second kappa shape index (κ2) is 7.12. The number of aryl methyl sites for hydroxylation is 1. The topological polar surface area (TPSA) is 89.0 Å². The minimum absolute atomic E-state index is 0.232. The Morgan fingerprint density at radius 1 is 1.08 bits per heavy atom. The van der Waals surface area contributed by atoms with Crippen molar-refractivity contribution in [2.75, 3.05) is 5.32 Å². The van der Waals surface area contributed by atoms with E-state index in [-0.39, 0.29) is 21.7 Å². The van der Waals surface area contributed by atoms with Crippen LogP contribution in [0.2, 0.25) is 0 Å². The average molecular weight is 373 g/mol. The van der Waals surface area contributed by atoms with Crippen molar-refractivity contribution in [3.05, 3.63) is 70.7 Å². The highest BCUT2D eigenvalue weighted by atomic mass is 32.2. The van der Waals surface area contributed by atoms with Gasteiger partial charge in [-0.15, -0.1) is 10.2 Å². The van der Waals surface area contributed by atoms with E-state index >= 15 is 0 Å². The van der Waals surface area contributed by atoms with E-state index in [1.54, 1.807) is 36.4 Å². The molecule has 25 heavy (non-hydrogen) atoms. The summed E-state index contributed by atoms with van der Waals surface area (Å²) in [5.74, 6) is -0.563. The number of amides is 1. The minimum Gasteiger partial charge on any atom is -0.296 e. The lowest BCUT2D eigenvalue weighted by Crippen LogP contribution is -2.11. The second-order valence-electron chi connectivity index (χ2n) is 5.40. The van der Waals surface area contributed by atoms with Crippen LogP contribution in [0.3, 0.4) is 0 Å². The molecule has 0 unspecified atom stereocenters. The monoisotopic (exact) mass is 373 g/mol. The number of anilines is 1. The number of rotatable bonds is 5. The van der Waals surface area contributed by atoms with Crippen LogP contribution < -0.4 is 5.32 Å². The van der Waals surface area contributed by atoms with Crippen LogP contribution in [-0.2, 0) is 15.6 Å². The highest BCUT2D eigenvalue weighted by molar-refractivity contribution is 7.90. The van der Waals surface area contributed by atoms with Gasteiger partial charge in [-0.25, -0.2) is 8.42 Å². The van der Waals surface area contributed by atoms with Crippen LogP contribution in [0, 0.1) is 6.92 Å². The number of hydrogen-bond donors (Lipinski definition) is 1. The van der Waals surface area contributed by atoms with E-state index in [0.717, 1.165) is 16.9 Å². The smallest absolute Gasteiger partial charge is 0.257 e. The Bertz CT molecular complexity index is 999. The van der Waals surface area contributed by atoms with Crippen LogP contribution in [0.15, 0.2) is 59.5 Å². The van der Waals surface area contributed by atoms with Crippen LogP contribution >= 0.6 is 11.3 Å². The number of benzene rings is 2. The van der Waals surface area contributed by atoms with Gasteiger partial charge in [0.15, 0.2) is 9.84 Å². The van der Waals surface area contributed by atoms with E-state index in [1.165, 1.54) is 12.1 Å². The third kappa shape index (κ3) is 4.28. The van der Waals surface area contributed by atoms with Gasteiger partial charge in [0.05, 0.1) is 4.90 Å². The maximum absolute atomic E-state index is 12.3. The molecule has 0 aliphatic heterocycles. The van der Waals surface area contributed by atoms with E-state index in [1.807, 2.05) is 13.0 Å². The number of nitrogens with zero attached hydrogens (tertiary/aromatic N) is 2. The van der Waals surface area contributed by atoms with Crippen molar-refractivity contribution in [3.8, 4) is 0 Å². The maximum Gasteiger partial charge on any atom is 0.257 e. The first-order valence-corrected chi connectivity index (χ1v) is 9.89. The van der Waals surface area contributed by atoms with Crippen LogP contribution in [0.1, 0.15) is 20.9 Å². The van der Waals surface area contributed by atoms with Gasteiger partial charge in [0, 0.05) is 5.56 Å². The molecule has 2 aromatic carbocycles. The Kier molecular flexibility index (Phi) is 4.91. The van der Waals surface area contributed by atoms with E-state index in [9.17, 15) is 13.2 Å². The predicted molar refractivity (Wildman–Crippen MR) is 96.4 cm³/mol. The van der Waals surface area contributed by atoms with Crippen molar-refractivity contribution >= 4 is 32.2 Å². The fraction of sp³-hybridized carbons (Fsp3) is 0.118. The van der Waals surface area contributed by atoms with Gasteiger partial charge in [-0.2, -0.15) is 0 Å². The number of aromatic nitrogens is 2. The summed E-state index contributed by atoms with van der Waals surface area (Å²) in [5, 5.41) is 11.0. The van der Waals surface area contributed by atoms with E-state index in [4.69, 9.17) is 0 Å². The summed E-state index contributed by atoms with van der Waals surface area (Å²) in [6.07, 6.45) is 0. The third-order valence-corrected chi connectivity index (χ3v) is 6.05. The summed E-state index contributed by atoms with van der Waals surface area (Å²) in [6, 6.07) is 15.3. The number of carbonyl (C=O) groups is 1. The SMILES string of the molecule is Cc1cccc(C(=O)Nc2nnc(CS(=O)(=O)c3ccccc3)s2)c1. The van der Waals surface area contributed by atoms with Crippen LogP contribution in [-0.4, -0.2) is 24.5 Å². The molecule has 128 valence electrons. The van der Waals surface area contributed by atoms with Crippen molar-refractivity contribution < 1.29 is 13.2 Å². The highest BCUT2D eigenvalue weighted by Gasteiger charge is 2.19. The molecule has 0 saturated heterocycles. The molecule has 3 aromatic rings. The van der Waals surface area contributed by atoms with E-state index in [2.05, 4.69) is 15.5 Å². The molecule has 0 radical (unpaired) electrons. The van der Waals surface area contributed by atoms with Crippen molar-refractivity contribution in [3.63, 3.8) is 0 Å². The summed E-state index contributed by atoms with van der Waals surface area (Å²) in [6.45, 7) is 1.90. The fourth-order valence-electron chi connectivity index (χ4n) is 2.19. The normalized spacial score (nSPS) is 11.2. The van der Waals surface area contributed by atoms with Gasteiger partial charge in [-0.3, -0.25) is 10.1 Å². The Hall–Kier alpha value is -2.58. The van der Waals surface area contributed by atoms with Gasteiger partial charge < -0.3 is 0 Å². The zero-order chi connectivity index (χ0) is 17.9. The summed E-state index contributed by atoms with van der Waals surface area (Å²) in [7, 11) is -3.49. The Labute approximate surface area is 149 Å². The van der Waals surface area contributed by atoms with Crippen LogP contribution in [0.4, 0.5) is 5.13 Å². The molecule has 0 fully saturated rings. The number of sulfone groups is 1.